The van der Waals surface area contributed by atoms with Gasteiger partial charge in [-0.1, -0.05) is 12.1 Å². The van der Waals surface area contributed by atoms with Crippen LogP contribution in [0.15, 0.2) is 42.5 Å². The van der Waals surface area contributed by atoms with Crippen LogP contribution in [0.2, 0.25) is 0 Å². The van der Waals surface area contributed by atoms with E-state index < -0.39 is 23.8 Å². The molecule has 37 heavy (non-hydrogen) atoms. The van der Waals surface area contributed by atoms with Gasteiger partial charge in [0.2, 0.25) is 5.91 Å². The first-order chi connectivity index (χ1) is 17.7. The fourth-order valence-electron chi connectivity index (χ4n) is 3.54. The van der Waals surface area contributed by atoms with E-state index in [-0.39, 0.29) is 46.6 Å². The van der Waals surface area contributed by atoms with Gasteiger partial charge in [0, 0.05) is 19.7 Å². The Bertz CT molecular complexity index is 1280. The molecule has 0 unspecified atom stereocenters. The molecule has 1 aromatic heterocycles. The summed E-state index contributed by atoms with van der Waals surface area (Å²) < 4.78 is 19.8. The number of carbonyl (C=O) groups excluding carboxylic acids is 3. The van der Waals surface area contributed by atoms with E-state index in [2.05, 4.69) is 9.69 Å². The molecule has 0 fully saturated rings. The molecule has 12 nitrogen and oxygen atoms in total. The number of anilines is 2. The van der Waals surface area contributed by atoms with Gasteiger partial charge in [-0.2, -0.15) is 4.37 Å². The lowest BCUT2D eigenvalue weighted by Gasteiger charge is -2.32. The first-order valence-corrected chi connectivity index (χ1v) is 11.7. The zero-order chi connectivity index (χ0) is 27.1. The van der Waals surface area contributed by atoms with Crippen molar-refractivity contribution in [1.29, 1.82) is 0 Å². The van der Waals surface area contributed by atoms with Crippen molar-refractivity contribution in [2.45, 2.75) is 6.04 Å². The van der Waals surface area contributed by atoms with Gasteiger partial charge >= 0.3 is 0 Å². The molecular formula is C24H27N5O7S. The number of nitrogen functional groups attached to an aromatic ring is 1. The van der Waals surface area contributed by atoms with E-state index in [0.29, 0.717) is 22.8 Å². The van der Waals surface area contributed by atoms with E-state index in [1.807, 2.05) is 0 Å². The topological polar surface area (TPSA) is 179 Å². The average Bonchev–Trinajstić information content (AvgIpc) is 3.28. The standard InChI is InChI=1S/C24H27N5O7S/c1-34-11-10-27-23(32)20(13-4-6-14(30)7-5-13)29(16-9-8-15(35-2)12-17(16)36-3)24(33)21-18(25)19(22(26)31)28-37-21/h4-9,12,20,30H,10-11,25H2,1-3H3,(H2,26,31)(H,27,32)/t20-/m1/s1. The van der Waals surface area contributed by atoms with E-state index in [1.54, 1.807) is 18.2 Å². The minimum Gasteiger partial charge on any atom is -0.508 e. The maximum Gasteiger partial charge on any atom is 0.273 e. The smallest absolute Gasteiger partial charge is 0.273 e. The van der Waals surface area contributed by atoms with Crippen LogP contribution in [0.25, 0.3) is 0 Å². The third kappa shape index (κ3) is 5.90. The molecule has 13 heteroatoms. The SMILES string of the molecule is COCCNC(=O)[C@@H](c1ccc(O)cc1)N(C(=O)c1snc(C(N)=O)c1N)c1ccc(OC)cc1OC. The summed E-state index contributed by atoms with van der Waals surface area (Å²) in [6, 6.07) is 9.25. The molecule has 0 saturated carbocycles. The number of phenolic OH excluding ortho intramolecular Hbond substituents is 1. The van der Waals surface area contributed by atoms with Crippen LogP contribution in [0.5, 0.6) is 17.2 Å². The van der Waals surface area contributed by atoms with Crippen molar-refractivity contribution in [2.75, 3.05) is 45.1 Å². The lowest BCUT2D eigenvalue weighted by Crippen LogP contribution is -2.45. The molecule has 2 aromatic carbocycles. The number of hydrogen-bond donors (Lipinski definition) is 4. The van der Waals surface area contributed by atoms with Gasteiger partial charge in [0.25, 0.3) is 11.8 Å². The Morgan fingerprint density at radius 2 is 1.81 bits per heavy atom. The molecule has 0 aliphatic rings. The molecule has 196 valence electrons. The Labute approximate surface area is 216 Å². The number of aromatic hydroxyl groups is 1. The van der Waals surface area contributed by atoms with Crippen LogP contribution in [-0.2, 0) is 9.53 Å². The summed E-state index contributed by atoms with van der Waals surface area (Å²) in [5.74, 6) is -1.53. The highest BCUT2D eigenvalue weighted by Gasteiger charge is 2.37. The number of phenols is 1. The highest BCUT2D eigenvalue weighted by Crippen LogP contribution is 2.40. The molecule has 3 amide bonds. The third-order valence-corrected chi connectivity index (χ3v) is 6.19. The lowest BCUT2D eigenvalue weighted by atomic mass is 10.0. The van der Waals surface area contributed by atoms with Crippen LogP contribution in [0.4, 0.5) is 11.4 Å². The number of nitrogens with zero attached hydrogens (tertiary/aromatic N) is 2. The second-order valence-corrected chi connectivity index (χ2v) is 8.40. The predicted molar refractivity (Wildman–Crippen MR) is 137 cm³/mol. The van der Waals surface area contributed by atoms with Gasteiger partial charge in [0.1, 0.15) is 28.2 Å². The highest BCUT2D eigenvalue weighted by molar-refractivity contribution is 7.09. The van der Waals surface area contributed by atoms with Gasteiger partial charge in [-0.3, -0.25) is 19.3 Å². The van der Waals surface area contributed by atoms with E-state index in [4.69, 9.17) is 25.7 Å². The lowest BCUT2D eigenvalue weighted by molar-refractivity contribution is -0.122. The molecule has 0 saturated heterocycles. The molecule has 3 aromatic rings. The molecule has 0 bridgehead atoms. The molecule has 0 radical (unpaired) electrons. The second kappa shape index (κ2) is 12.1. The van der Waals surface area contributed by atoms with Crippen molar-refractivity contribution in [1.82, 2.24) is 9.69 Å². The summed E-state index contributed by atoms with van der Waals surface area (Å²) in [6.07, 6.45) is 0. The van der Waals surface area contributed by atoms with Gasteiger partial charge < -0.3 is 36.1 Å². The molecule has 0 spiro atoms. The summed E-state index contributed by atoms with van der Waals surface area (Å²) in [5, 5.41) is 12.6. The van der Waals surface area contributed by atoms with E-state index in [0.717, 1.165) is 0 Å². The minimum atomic E-state index is -1.26. The molecular weight excluding hydrogens is 502 g/mol. The van der Waals surface area contributed by atoms with E-state index in [1.165, 1.54) is 50.5 Å². The maximum atomic E-state index is 14.1. The average molecular weight is 530 g/mol. The quantitative estimate of drug-likeness (QED) is 0.269. The Morgan fingerprint density at radius 1 is 1.11 bits per heavy atom. The summed E-state index contributed by atoms with van der Waals surface area (Å²) in [4.78, 5) is 40.5. The number of nitrogens with two attached hydrogens (primary N) is 2. The second-order valence-electron chi connectivity index (χ2n) is 7.63. The molecule has 6 N–H and O–H groups in total. The van der Waals surface area contributed by atoms with Crippen molar-refractivity contribution in [3.63, 3.8) is 0 Å². The molecule has 0 aliphatic carbocycles. The summed E-state index contributed by atoms with van der Waals surface area (Å²) in [6.45, 7) is 0.401. The fourth-order valence-corrected chi connectivity index (χ4v) is 4.28. The normalized spacial score (nSPS) is 11.4. The van der Waals surface area contributed by atoms with Gasteiger partial charge in [-0.05, 0) is 41.4 Å². The fraction of sp³-hybridized carbons (Fsp3) is 0.250. The Hall–Kier alpha value is -4.36. The number of nitrogens with one attached hydrogen (secondary N) is 1. The molecule has 0 aliphatic heterocycles. The first kappa shape index (κ1) is 27.2. The van der Waals surface area contributed by atoms with Crippen LogP contribution in [-0.4, -0.2) is 61.7 Å². The molecule has 1 heterocycles. The van der Waals surface area contributed by atoms with Crippen LogP contribution in [0.3, 0.4) is 0 Å². The van der Waals surface area contributed by atoms with Crippen molar-refractivity contribution in [3.05, 3.63) is 58.6 Å². The van der Waals surface area contributed by atoms with Crippen molar-refractivity contribution < 1.29 is 33.7 Å². The predicted octanol–water partition coefficient (Wildman–Crippen LogP) is 1.70. The molecule has 3 rings (SSSR count). The van der Waals surface area contributed by atoms with E-state index in [9.17, 15) is 19.5 Å². The Kier molecular flexibility index (Phi) is 8.87. The zero-order valence-corrected chi connectivity index (χ0v) is 21.2. The number of primary amides is 1. The Morgan fingerprint density at radius 3 is 2.38 bits per heavy atom. The number of hydrogen-bond acceptors (Lipinski definition) is 10. The van der Waals surface area contributed by atoms with Gasteiger partial charge in [0.05, 0.1) is 32.2 Å². The number of carbonyl (C=O) groups is 3. The summed E-state index contributed by atoms with van der Waals surface area (Å²) in [7, 11) is 4.37. The number of methoxy groups -OCH3 is 3. The first-order valence-electron chi connectivity index (χ1n) is 10.9. The minimum absolute atomic E-state index is 0.0278. The number of amides is 3. The maximum absolute atomic E-state index is 14.1. The van der Waals surface area contributed by atoms with Gasteiger partial charge in [-0.25, -0.2) is 0 Å². The summed E-state index contributed by atoms with van der Waals surface area (Å²) >= 11 is 0.681. The highest BCUT2D eigenvalue weighted by atomic mass is 32.1. The number of aromatic nitrogens is 1. The summed E-state index contributed by atoms with van der Waals surface area (Å²) in [5.41, 5.74) is 11.5. The van der Waals surface area contributed by atoms with Crippen LogP contribution >= 0.6 is 11.5 Å². The van der Waals surface area contributed by atoms with Crippen molar-refractivity contribution in [3.8, 4) is 17.2 Å². The number of benzene rings is 2. The largest absolute Gasteiger partial charge is 0.508 e. The van der Waals surface area contributed by atoms with Crippen molar-refractivity contribution >= 4 is 40.6 Å². The van der Waals surface area contributed by atoms with Gasteiger partial charge in [-0.15, -0.1) is 0 Å². The third-order valence-electron chi connectivity index (χ3n) is 5.34. The number of ether oxygens (including phenoxy) is 3. The van der Waals surface area contributed by atoms with Gasteiger partial charge in [0.15, 0.2) is 5.69 Å². The number of rotatable bonds is 11. The van der Waals surface area contributed by atoms with E-state index >= 15 is 0 Å². The monoisotopic (exact) mass is 529 g/mol. The Balaban J connectivity index is 2.25. The molecule has 1 atom stereocenters. The van der Waals surface area contributed by atoms with Crippen LogP contribution < -0.4 is 31.2 Å². The van der Waals surface area contributed by atoms with Crippen LogP contribution in [0.1, 0.15) is 31.8 Å². The van der Waals surface area contributed by atoms with Crippen molar-refractivity contribution in [2.24, 2.45) is 5.73 Å². The van der Waals surface area contributed by atoms with Crippen LogP contribution in [0, 0.1) is 0 Å². The zero-order valence-electron chi connectivity index (χ0n) is 20.4.